The molecule has 0 bridgehead atoms. The molecule has 0 spiro atoms. The van der Waals surface area contributed by atoms with Crippen LogP contribution in [0.5, 0.6) is 0 Å². The Bertz CT molecular complexity index is 1140. The molecule has 2 aliphatic carbocycles. The van der Waals surface area contributed by atoms with Gasteiger partial charge in [-0.25, -0.2) is 0 Å². The number of amidine groups is 1. The lowest BCUT2D eigenvalue weighted by molar-refractivity contribution is 0.339. The first-order valence-electron chi connectivity index (χ1n) is 12.6. The van der Waals surface area contributed by atoms with E-state index in [-0.39, 0.29) is 0 Å². The monoisotopic (exact) mass is 476 g/mol. The highest BCUT2D eigenvalue weighted by atomic mass is 35.5. The summed E-state index contributed by atoms with van der Waals surface area (Å²) < 4.78 is 9.17. The van der Waals surface area contributed by atoms with E-state index in [4.69, 9.17) is 22.0 Å². The third kappa shape index (κ3) is 5.20. The average molecular weight is 477 g/mol. The zero-order chi connectivity index (χ0) is 23.4. The number of nitrogens with two attached hydrogens (primary N) is 1. The molecule has 34 heavy (non-hydrogen) atoms. The number of hydrogen-bond acceptors (Lipinski definition) is 4. The quantitative estimate of drug-likeness (QED) is 0.279. The molecule has 1 heterocycles. The zero-order valence-corrected chi connectivity index (χ0v) is 20.4. The molecule has 2 saturated carbocycles. The first-order valence-corrected chi connectivity index (χ1v) is 13.0. The van der Waals surface area contributed by atoms with Crippen LogP contribution >= 0.6 is 11.8 Å². The Labute approximate surface area is 206 Å². The first-order chi connectivity index (χ1) is 16.7. The smallest absolute Gasteiger partial charge is 0.240 e. The van der Waals surface area contributed by atoms with Crippen LogP contribution in [0, 0.1) is 5.92 Å². The summed E-state index contributed by atoms with van der Waals surface area (Å²) in [5.74, 6) is 2.35. The number of rotatable bonds is 9. The second kappa shape index (κ2) is 10.3. The fourth-order valence-electron chi connectivity index (χ4n) is 5.26. The van der Waals surface area contributed by atoms with Gasteiger partial charge in [-0.3, -0.25) is 0 Å². The lowest BCUT2D eigenvalue weighted by Crippen LogP contribution is -2.28. The highest BCUT2D eigenvalue weighted by molar-refractivity contribution is 6.21. The molecular weight excluding hydrogens is 444 g/mol. The standard InChI is InChI=1S/C28H33ClN4O/c29-32-26(30)28(16-17-28)27-31-25(33-34-27)24-11-5-10-23(19-24)15-14-22-9-4-8-21(18-22)13-12-20-6-2-1-3-7-20/h4-5,8-11,18-20H,1-3,6-7,12-17H2,(H2,30,32). The second-order valence-electron chi connectivity index (χ2n) is 10.0. The van der Waals surface area contributed by atoms with Crippen LogP contribution < -0.4 is 5.73 Å². The largest absolute Gasteiger partial charge is 0.385 e. The van der Waals surface area contributed by atoms with Crippen molar-refractivity contribution in [2.45, 2.75) is 76.0 Å². The summed E-state index contributed by atoms with van der Waals surface area (Å²) in [6.07, 6.45) is 13.3. The number of aromatic nitrogens is 2. The summed E-state index contributed by atoms with van der Waals surface area (Å²) >= 11 is 5.59. The number of hydrogen-bond donors (Lipinski definition) is 1. The maximum Gasteiger partial charge on any atom is 0.240 e. The van der Waals surface area contributed by atoms with E-state index in [1.807, 2.05) is 6.07 Å². The van der Waals surface area contributed by atoms with Gasteiger partial charge in [-0.2, -0.15) is 9.50 Å². The van der Waals surface area contributed by atoms with E-state index in [1.54, 1.807) is 0 Å². The van der Waals surface area contributed by atoms with Crippen molar-refractivity contribution in [1.82, 2.24) is 10.1 Å². The summed E-state index contributed by atoms with van der Waals surface area (Å²) in [6.45, 7) is 0. The molecule has 2 fully saturated rings. The molecule has 178 valence electrons. The Balaban J connectivity index is 1.21. The summed E-state index contributed by atoms with van der Waals surface area (Å²) in [4.78, 5) is 4.62. The van der Waals surface area contributed by atoms with Gasteiger partial charge in [0, 0.05) is 17.3 Å². The van der Waals surface area contributed by atoms with Crippen LogP contribution in [0.25, 0.3) is 11.4 Å². The normalized spacial score (nSPS) is 18.2. The Hall–Kier alpha value is -2.66. The highest BCUT2D eigenvalue weighted by Gasteiger charge is 2.53. The molecule has 6 heteroatoms. The maximum atomic E-state index is 5.97. The average Bonchev–Trinajstić information content (AvgIpc) is 3.55. The first kappa shape index (κ1) is 23.1. The zero-order valence-electron chi connectivity index (χ0n) is 19.7. The molecule has 0 amide bonds. The van der Waals surface area contributed by atoms with Crippen molar-refractivity contribution in [3.05, 3.63) is 71.1 Å². The number of aryl methyl sites for hydroxylation is 3. The van der Waals surface area contributed by atoms with Crippen LogP contribution in [0.15, 0.2) is 57.6 Å². The van der Waals surface area contributed by atoms with Crippen molar-refractivity contribution >= 4 is 17.6 Å². The molecule has 5 nitrogen and oxygen atoms in total. The summed E-state index contributed by atoms with van der Waals surface area (Å²) in [6, 6.07) is 17.5. The minimum Gasteiger partial charge on any atom is -0.385 e. The van der Waals surface area contributed by atoms with Crippen molar-refractivity contribution in [2.24, 2.45) is 16.2 Å². The van der Waals surface area contributed by atoms with E-state index in [0.29, 0.717) is 17.6 Å². The van der Waals surface area contributed by atoms with E-state index in [2.05, 4.69) is 57.1 Å². The van der Waals surface area contributed by atoms with Gasteiger partial charge in [-0.05, 0) is 67.2 Å². The lowest BCUT2D eigenvalue weighted by atomic mass is 9.85. The van der Waals surface area contributed by atoms with Crippen molar-refractivity contribution in [3.63, 3.8) is 0 Å². The predicted molar refractivity (Wildman–Crippen MR) is 137 cm³/mol. The molecule has 0 atom stereocenters. The molecule has 0 unspecified atom stereocenters. The van der Waals surface area contributed by atoms with E-state index < -0.39 is 5.41 Å². The van der Waals surface area contributed by atoms with Crippen LogP contribution in [-0.2, 0) is 24.7 Å². The maximum absolute atomic E-state index is 5.97. The summed E-state index contributed by atoms with van der Waals surface area (Å²) in [7, 11) is 0. The molecule has 0 aliphatic heterocycles. The van der Waals surface area contributed by atoms with Gasteiger partial charge in [-0.15, -0.1) is 0 Å². The van der Waals surface area contributed by atoms with E-state index in [0.717, 1.165) is 37.2 Å². The third-order valence-corrected chi connectivity index (χ3v) is 7.79. The number of benzene rings is 2. The van der Waals surface area contributed by atoms with Gasteiger partial charge in [0.2, 0.25) is 11.7 Å². The van der Waals surface area contributed by atoms with Crippen molar-refractivity contribution in [2.75, 3.05) is 0 Å². The minimum atomic E-state index is -0.480. The van der Waals surface area contributed by atoms with Crippen molar-refractivity contribution < 1.29 is 4.52 Å². The number of halogens is 1. The molecular formula is C28H33ClN4O. The lowest BCUT2D eigenvalue weighted by Gasteiger charge is -2.21. The summed E-state index contributed by atoms with van der Waals surface area (Å²) in [5, 5.41) is 4.20. The van der Waals surface area contributed by atoms with Gasteiger partial charge in [0.1, 0.15) is 11.3 Å². The molecule has 2 aromatic carbocycles. The Morgan fingerprint density at radius 1 is 0.971 bits per heavy atom. The van der Waals surface area contributed by atoms with Crippen LogP contribution in [0.4, 0.5) is 0 Å². The van der Waals surface area contributed by atoms with Gasteiger partial charge in [-0.1, -0.05) is 79.7 Å². The van der Waals surface area contributed by atoms with E-state index >= 15 is 0 Å². The minimum absolute atomic E-state index is 0.346. The Kier molecular flexibility index (Phi) is 7.00. The van der Waals surface area contributed by atoms with Gasteiger partial charge in [0.25, 0.3) is 0 Å². The fourth-order valence-corrected chi connectivity index (χ4v) is 5.42. The molecule has 0 radical (unpaired) electrons. The summed E-state index contributed by atoms with van der Waals surface area (Å²) in [5.41, 5.74) is 10.6. The van der Waals surface area contributed by atoms with Gasteiger partial charge in [0.05, 0.1) is 0 Å². The Morgan fingerprint density at radius 2 is 1.65 bits per heavy atom. The second-order valence-corrected chi connectivity index (χ2v) is 10.2. The SMILES string of the molecule is NC(=NCl)C1(c2nc(-c3cccc(CCc4cccc(CCC5CCCCC5)c4)c3)no2)CC1. The molecule has 2 N–H and O–H groups in total. The van der Waals surface area contributed by atoms with Gasteiger partial charge in [0.15, 0.2) is 0 Å². The molecule has 2 aliphatic rings. The van der Waals surface area contributed by atoms with Gasteiger partial charge >= 0.3 is 0 Å². The van der Waals surface area contributed by atoms with Crippen LogP contribution in [0.3, 0.4) is 0 Å². The van der Waals surface area contributed by atoms with Crippen molar-refractivity contribution in [3.8, 4) is 11.4 Å². The van der Waals surface area contributed by atoms with Crippen LogP contribution in [-0.4, -0.2) is 16.0 Å². The molecule has 1 aromatic heterocycles. The fraction of sp³-hybridized carbons (Fsp3) is 0.464. The molecule has 3 aromatic rings. The van der Waals surface area contributed by atoms with Crippen LogP contribution in [0.1, 0.15) is 73.9 Å². The van der Waals surface area contributed by atoms with Crippen LogP contribution in [0.2, 0.25) is 0 Å². The molecule has 0 saturated heterocycles. The van der Waals surface area contributed by atoms with Crippen molar-refractivity contribution in [1.29, 1.82) is 0 Å². The van der Waals surface area contributed by atoms with Gasteiger partial charge < -0.3 is 10.3 Å². The highest BCUT2D eigenvalue weighted by Crippen LogP contribution is 2.48. The Morgan fingerprint density at radius 3 is 2.35 bits per heavy atom. The van der Waals surface area contributed by atoms with E-state index in [9.17, 15) is 0 Å². The predicted octanol–water partition coefficient (Wildman–Crippen LogP) is 6.58. The van der Waals surface area contributed by atoms with E-state index in [1.165, 1.54) is 61.6 Å². The number of nitrogens with zero attached hydrogens (tertiary/aromatic N) is 3. The third-order valence-electron chi connectivity index (χ3n) is 7.61. The topological polar surface area (TPSA) is 77.3 Å². The molecule has 5 rings (SSSR count).